The minimum atomic E-state index is 0.402. The van der Waals surface area contributed by atoms with Gasteiger partial charge in [-0.1, -0.05) is 19.9 Å². The maximum Gasteiger partial charge on any atom is 0.111 e. The zero-order valence-electron chi connectivity index (χ0n) is 11.2. The van der Waals surface area contributed by atoms with Crippen molar-refractivity contribution in [3.63, 3.8) is 0 Å². The minimum Gasteiger partial charge on any atom is -0.324 e. The van der Waals surface area contributed by atoms with Gasteiger partial charge in [-0.15, -0.1) is 11.6 Å². The average molecular weight is 263 g/mol. The van der Waals surface area contributed by atoms with E-state index in [-0.39, 0.29) is 0 Å². The Bertz CT molecular complexity index is 598. The van der Waals surface area contributed by atoms with Crippen LogP contribution in [0.3, 0.4) is 0 Å². The Labute approximate surface area is 113 Å². The van der Waals surface area contributed by atoms with Crippen LogP contribution in [0, 0.1) is 12.3 Å². The molecule has 0 amide bonds. The molecule has 1 saturated carbocycles. The van der Waals surface area contributed by atoms with Crippen LogP contribution in [0.25, 0.3) is 11.0 Å². The maximum atomic E-state index is 5.91. The molecule has 2 aromatic rings. The van der Waals surface area contributed by atoms with Crippen LogP contribution in [-0.2, 0) is 6.42 Å². The largest absolute Gasteiger partial charge is 0.324 e. The summed E-state index contributed by atoms with van der Waals surface area (Å²) >= 11 is 5.91. The van der Waals surface area contributed by atoms with Crippen LogP contribution in [0.2, 0.25) is 0 Å². The number of imidazole rings is 1. The maximum absolute atomic E-state index is 5.91. The molecule has 0 bridgehead atoms. The van der Waals surface area contributed by atoms with Crippen LogP contribution < -0.4 is 0 Å². The highest BCUT2D eigenvalue weighted by atomic mass is 35.5. The van der Waals surface area contributed by atoms with Gasteiger partial charge in [0.05, 0.1) is 11.0 Å². The fourth-order valence-corrected chi connectivity index (χ4v) is 2.92. The number of halogens is 1. The molecule has 0 N–H and O–H groups in total. The molecule has 18 heavy (non-hydrogen) atoms. The lowest BCUT2D eigenvalue weighted by molar-refractivity contribution is 0.537. The molecule has 0 radical (unpaired) electrons. The summed E-state index contributed by atoms with van der Waals surface area (Å²) in [5.74, 6) is 1.77. The lowest BCUT2D eigenvalue weighted by atomic mass is 10.2. The van der Waals surface area contributed by atoms with Gasteiger partial charge >= 0.3 is 0 Å². The summed E-state index contributed by atoms with van der Waals surface area (Å²) in [6.45, 7) is 6.76. The number of aromatic nitrogens is 2. The highest BCUT2D eigenvalue weighted by Gasteiger charge is 2.48. The van der Waals surface area contributed by atoms with Gasteiger partial charge in [0.25, 0.3) is 0 Å². The molecular formula is C15H19ClN2. The zero-order chi connectivity index (χ0) is 12.9. The van der Waals surface area contributed by atoms with Crippen molar-refractivity contribution >= 4 is 22.6 Å². The monoisotopic (exact) mass is 262 g/mol. The quantitative estimate of drug-likeness (QED) is 0.762. The molecule has 2 nitrogen and oxygen atoms in total. The fourth-order valence-electron chi connectivity index (χ4n) is 2.75. The SMILES string of the molecule is Cc1ccc2c(c1)nc(CCCl)n2C1CC1(C)C. The van der Waals surface area contributed by atoms with Gasteiger partial charge in [0.1, 0.15) is 5.82 Å². The second-order valence-electron chi connectivity index (χ2n) is 6.04. The second-order valence-corrected chi connectivity index (χ2v) is 6.42. The van der Waals surface area contributed by atoms with Gasteiger partial charge in [0.15, 0.2) is 0 Å². The van der Waals surface area contributed by atoms with Gasteiger partial charge in [-0.05, 0) is 36.5 Å². The predicted molar refractivity (Wildman–Crippen MR) is 76.3 cm³/mol. The van der Waals surface area contributed by atoms with Gasteiger partial charge in [-0.25, -0.2) is 4.98 Å². The summed E-state index contributed by atoms with van der Waals surface area (Å²) in [4.78, 5) is 4.77. The van der Waals surface area contributed by atoms with Crippen LogP contribution in [0.15, 0.2) is 18.2 Å². The van der Waals surface area contributed by atoms with E-state index in [9.17, 15) is 0 Å². The molecule has 1 unspecified atom stereocenters. The first kappa shape index (κ1) is 12.0. The molecular weight excluding hydrogens is 244 g/mol. The first-order chi connectivity index (χ1) is 8.53. The van der Waals surface area contributed by atoms with Crippen molar-refractivity contribution in [2.45, 2.75) is 39.7 Å². The molecule has 1 fully saturated rings. The van der Waals surface area contributed by atoms with Gasteiger partial charge in [0.2, 0.25) is 0 Å². The molecule has 0 aliphatic heterocycles. The molecule has 1 aliphatic carbocycles. The third-order valence-electron chi connectivity index (χ3n) is 4.01. The Morgan fingerprint density at radius 1 is 1.44 bits per heavy atom. The van der Waals surface area contributed by atoms with Crippen LogP contribution in [0.4, 0.5) is 0 Å². The van der Waals surface area contributed by atoms with Crippen molar-refractivity contribution < 1.29 is 0 Å². The summed E-state index contributed by atoms with van der Waals surface area (Å²) < 4.78 is 2.41. The van der Waals surface area contributed by atoms with Crippen molar-refractivity contribution in [1.82, 2.24) is 9.55 Å². The summed E-state index contributed by atoms with van der Waals surface area (Å²) in [5, 5.41) is 0. The second kappa shape index (κ2) is 3.99. The molecule has 1 aliphatic rings. The van der Waals surface area contributed by atoms with Gasteiger partial charge < -0.3 is 4.57 Å². The lowest BCUT2D eigenvalue weighted by Crippen LogP contribution is -2.06. The van der Waals surface area contributed by atoms with Gasteiger partial charge in [0, 0.05) is 18.3 Å². The summed E-state index contributed by atoms with van der Waals surface area (Å²) in [6, 6.07) is 7.12. The van der Waals surface area contributed by atoms with E-state index >= 15 is 0 Å². The number of benzene rings is 1. The highest BCUT2D eigenvalue weighted by molar-refractivity contribution is 6.17. The Hall–Kier alpha value is -1.02. The third-order valence-corrected chi connectivity index (χ3v) is 4.20. The Morgan fingerprint density at radius 2 is 2.17 bits per heavy atom. The summed E-state index contributed by atoms with van der Waals surface area (Å²) in [7, 11) is 0. The molecule has 1 atom stereocenters. The Morgan fingerprint density at radius 3 is 2.78 bits per heavy atom. The molecule has 0 spiro atoms. The Kier molecular flexibility index (Phi) is 2.67. The van der Waals surface area contributed by atoms with Gasteiger partial charge in [-0.3, -0.25) is 0 Å². The van der Waals surface area contributed by atoms with E-state index in [4.69, 9.17) is 16.6 Å². The highest BCUT2D eigenvalue weighted by Crippen LogP contribution is 2.56. The summed E-state index contributed by atoms with van der Waals surface area (Å²) in [6.07, 6.45) is 2.09. The topological polar surface area (TPSA) is 17.8 Å². The van der Waals surface area contributed by atoms with E-state index in [1.54, 1.807) is 0 Å². The number of hydrogen-bond acceptors (Lipinski definition) is 1. The molecule has 1 heterocycles. The van der Waals surface area contributed by atoms with E-state index in [0.717, 1.165) is 17.8 Å². The zero-order valence-corrected chi connectivity index (χ0v) is 12.0. The number of nitrogens with zero attached hydrogens (tertiary/aromatic N) is 2. The van der Waals surface area contributed by atoms with Gasteiger partial charge in [-0.2, -0.15) is 0 Å². The van der Waals surface area contributed by atoms with E-state index in [2.05, 4.69) is 43.5 Å². The normalized spacial score (nSPS) is 21.4. The number of rotatable bonds is 3. The summed E-state index contributed by atoms with van der Waals surface area (Å²) in [5.41, 5.74) is 4.04. The number of aryl methyl sites for hydroxylation is 2. The van der Waals surface area contributed by atoms with Crippen LogP contribution in [0.5, 0.6) is 0 Å². The molecule has 1 aromatic heterocycles. The smallest absolute Gasteiger partial charge is 0.111 e. The number of fused-ring (bicyclic) bond motifs is 1. The van der Waals surface area contributed by atoms with E-state index in [1.165, 1.54) is 17.5 Å². The van der Waals surface area contributed by atoms with Crippen molar-refractivity contribution in [3.8, 4) is 0 Å². The van der Waals surface area contributed by atoms with E-state index < -0.39 is 0 Å². The predicted octanol–water partition coefficient (Wildman–Crippen LogP) is 4.10. The lowest BCUT2D eigenvalue weighted by Gasteiger charge is -2.10. The first-order valence-electron chi connectivity index (χ1n) is 6.56. The standard InChI is InChI=1S/C15H19ClN2/c1-10-4-5-12-11(8-10)17-14(6-7-16)18(12)13-9-15(13,2)3/h4-5,8,13H,6-7,9H2,1-3H3. The molecule has 3 heteroatoms. The molecule has 3 rings (SSSR count). The van der Waals surface area contributed by atoms with Crippen LogP contribution in [-0.4, -0.2) is 15.4 Å². The third kappa shape index (κ3) is 1.83. The first-order valence-corrected chi connectivity index (χ1v) is 7.10. The van der Waals surface area contributed by atoms with Crippen molar-refractivity contribution in [1.29, 1.82) is 0 Å². The number of alkyl halides is 1. The average Bonchev–Trinajstić information content (AvgIpc) is 2.78. The van der Waals surface area contributed by atoms with E-state index in [0.29, 0.717) is 17.3 Å². The van der Waals surface area contributed by atoms with E-state index in [1.807, 2.05) is 0 Å². The van der Waals surface area contributed by atoms with Crippen molar-refractivity contribution in [2.24, 2.45) is 5.41 Å². The number of hydrogen-bond donors (Lipinski definition) is 0. The minimum absolute atomic E-state index is 0.402. The van der Waals surface area contributed by atoms with Crippen molar-refractivity contribution in [2.75, 3.05) is 5.88 Å². The van der Waals surface area contributed by atoms with Crippen molar-refractivity contribution in [3.05, 3.63) is 29.6 Å². The van der Waals surface area contributed by atoms with Crippen LogP contribution in [0.1, 0.15) is 37.7 Å². The fraction of sp³-hybridized carbons (Fsp3) is 0.533. The molecule has 1 aromatic carbocycles. The van der Waals surface area contributed by atoms with Crippen LogP contribution >= 0.6 is 11.6 Å². The molecule has 96 valence electrons. The molecule has 0 saturated heterocycles. The Balaban J connectivity index is 2.17.